The van der Waals surface area contributed by atoms with Crippen molar-refractivity contribution in [2.24, 2.45) is 0 Å². The quantitative estimate of drug-likeness (QED) is 0.145. The van der Waals surface area contributed by atoms with E-state index in [9.17, 15) is 0 Å². The molecule has 1 aliphatic rings. The lowest BCUT2D eigenvalue weighted by molar-refractivity contribution is 0.768. The molecule has 0 amide bonds. The van der Waals surface area contributed by atoms with Crippen molar-refractivity contribution < 1.29 is 0 Å². The average molecular weight is 856 g/mol. The summed E-state index contributed by atoms with van der Waals surface area (Å²) >= 11 is 0. The molecule has 8 aromatic carbocycles. The van der Waals surface area contributed by atoms with E-state index in [1.807, 2.05) is 42.7 Å². The molecule has 3 heterocycles. The molecule has 314 valence electrons. The van der Waals surface area contributed by atoms with Gasteiger partial charge < -0.3 is 0 Å². The van der Waals surface area contributed by atoms with Crippen LogP contribution >= 0.6 is 0 Å². The molecule has 0 N–H and O–H groups in total. The van der Waals surface area contributed by atoms with E-state index >= 15 is 0 Å². The van der Waals surface area contributed by atoms with Crippen LogP contribution in [0.5, 0.6) is 0 Å². The second kappa shape index (κ2) is 16.9. The van der Waals surface area contributed by atoms with Gasteiger partial charge in [-0.1, -0.05) is 188 Å². The lowest BCUT2D eigenvalue weighted by atomic mass is 9.67. The molecule has 11 aromatic rings. The summed E-state index contributed by atoms with van der Waals surface area (Å²) in [6.07, 6.45) is 7.40. The third-order valence-corrected chi connectivity index (χ3v) is 13.0. The number of hydrogen-bond acceptors (Lipinski definition) is 5. The van der Waals surface area contributed by atoms with E-state index in [4.69, 9.17) is 15.0 Å². The van der Waals surface area contributed by atoms with Crippen molar-refractivity contribution in [2.75, 3.05) is 0 Å². The number of aromatic nitrogens is 5. The number of hydrogen-bond donors (Lipinski definition) is 0. The minimum Gasteiger partial charge on any atom is -0.264 e. The third kappa shape index (κ3) is 7.20. The number of nitrogens with zero attached hydrogens (tertiary/aromatic N) is 5. The molecule has 0 spiro atoms. The smallest absolute Gasteiger partial charge is 0.164 e. The van der Waals surface area contributed by atoms with E-state index < -0.39 is 5.41 Å². The van der Waals surface area contributed by atoms with E-state index in [2.05, 4.69) is 204 Å². The highest BCUT2D eigenvalue weighted by atomic mass is 15.0. The molecule has 1 aliphatic carbocycles. The minimum absolute atomic E-state index is 0.565. The molecule has 0 saturated heterocycles. The van der Waals surface area contributed by atoms with Crippen LogP contribution in [-0.4, -0.2) is 24.9 Å². The number of pyridine rings is 2. The van der Waals surface area contributed by atoms with Gasteiger partial charge in [-0.3, -0.25) is 9.97 Å². The van der Waals surface area contributed by atoms with Crippen LogP contribution in [0.3, 0.4) is 0 Å². The Kier molecular flexibility index (Phi) is 9.99. The van der Waals surface area contributed by atoms with Gasteiger partial charge in [-0.25, -0.2) is 15.0 Å². The van der Waals surface area contributed by atoms with E-state index in [-0.39, 0.29) is 0 Å². The Morgan fingerprint density at radius 1 is 0.254 bits per heavy atom. The standard InChI is InChI=1S/C62H41N5/c1-4-14-46(15-5-1)59-65-60(47-32-33-56-55-22-10-11-23-57(55)62(58(56)39-47,53-18-6-2-7-19-53)54-20-8-3-9-21-54)67-61(66-59)52-37-50(44-28-24-42(25-29-44)48-16-12-34-63-40-48)36-51(38-52)45-30-26-43(27-31-45)49-17-13-35-64-41-49/h1-41H. The molecule has 0 saturated carbocycles. The van der Waals surface area contributed by atoms with E-state index in [1.165, 1.54) is 33.4 Å². The van der Waals surface area contributed by atoms with Gasteiger partial charge in [0.1, 0.15) is 0 Å². The van der Waals surface area contributed by atoms with Crippen LogP contribution in [0, 0.1) is 0 Å². The van der Waals surface area contributed by atoms with E-state index in [1.54, 1.807) is 12.4 Å². The van der Waals surface area contributed by atoms with Crippen LogP contribution in [0.4, 0.5) is 0 Å². The van der Waals surface area contributed by atoms with Crippen molar-refractivity contribution in [3.63, 3.8) is 0 Å². The summed E-state index contributed by atoms with van der Waals surface area (Å²) in [6.45, 7) is 0. The highest BCUT2D eigenvalue weighted by molar-refractivity contribution is 5.88. The fraction of sp³-hybridized carbons (Fsp3) is 0.0161. The maximum absolute atomic E-state index is 5.41. The molecule has 12 rings (SSSR count). The summed E-state index contributed by atoms with van der Waals surface area (Å²) in [5.41, 5.74) is 18.1. The van der Waals surface area contributed by atoms with Gasteiger partial charge in [0.15, 0.2) is 17.5 Å². The van der Waals surface area contributed by atoms with Gasteiger partial charge in [0.05, 0.1) is 5.41 Å². The lowest BCUT2D eigenvalue weighted by Crippen LogP contribution is -2.28. The molecule has 5 heteroatoms. The van der Waals surface area contributed by atoms with Gasteiger partial charge in [-0.05, 0) is 114 Å². The highest BCUT2D eigenvalue weighted by Crippen LogP contribution is 2.56. The van der Waals surface area contributed by atoms with Crippen molar-refractivity contribution in [3.8, 4) is 89.8 Å². The number of benzene rings is 8. The van der Waals surface area contributed by atoms with Gasteiger partial charge in [0.2, 0.25) is 0 Å². The Hall–Kier alpha value is -8.93. The van der Waals surface area contributed by atoms with Crippen LogP contribution in [0.2, 0.25) is 0 Å². The number of rotatable bonds is 9. The van der Waals surface area contributed by atoms with Crippen molar-refractivity contribution in [1.29, 1.82) is 0 Å². The minimum atomic E-state index is -0.565. The zero-order chi connectivity index (χ0) is 44.6. The topological polar surface area (TPSA) is 64.5 Å². The molecule has 0 unspecified atom stereocenters. The van der Waals surface area contributed by atoms with Gasteiger partial charge in [0, 0.05) is 41.5 Å². The molecule has 0 fully saturated rings. The van der Waals surface area contributed by atoms with Gasteiger partial charge >= 0.3 is 0 Å². The van der Waals surface area contributed by atoms with Crippen molar-refractivity contribution in [1.82, 2.24) is 24.9 Å². The predicted molar refractivity (Wildman–Crippen MR) is 271 cm³/mol. The SMILES string of the molecule is c1ccc(-c2nc(-c3cc(-c4ccc(-c5cccnc5)cc4)cc(-c4ccc(-c5cccnc5)cc4)c3)nc(-c3ccc4c(c3)C(c3ccccc3)(c3ccccc3)c3ccccc3-4)n2)cc1. The second-order valence-electron chi connectivity index (χ2n) is 16.9. The van der Waals surface area contributed by atoms with Crippen LogP contribution in [-0.2, 0) is 5.41 Å². The maximum Gasteiger partial charge on any atom is 0.164 e. The monoisotopic (exact) mass is 855 g/mol. The third-order valence-electron chi connectivity index (χ3n) is 13.0. The predicted octanol–water partition coefficient (Wildman–Crippen LogP) is 14.7. The Balaban J connectivity index is 1.05. The highest BCUT2D eigenvalue weighted by Gasteiger charge is 2.46. The van der Waals surface area contributed by atoms with Gasteiger partial charge in [-0.15, -0.1) is 0 Å². The molecule has 0 aliphatic heterocycles. The van der Waals surface area contributed by atoms with Crippen LogP contribution in [0.1, 0.15) is 22.3 Å². The van der Waals surface area contributed by atoms with Crippen LogP contribution < -0.4 is 0 Å². The first-order valence-corrected chi connectivity index (χ1v) is 22.5. The fourth-order valence-electron chi connectivity index (χ4n) is 9.80. The molecular weight excluding hydrogens is 815 g/mol. The summed E-state index contributed by atoms with van der Waals surface area (Å²) in [5.74, 6) is 1.80. The van der Waals surface area contributed by atoms with E-state index in [0.717, 1.165) is 61.2 Å². The maximum atomic E-state index is 5.41. The summed E-state index contributed by atoms with van der Waals surface area (Å²) in [5, 5.41) is 0. The molecule has 0 atom stereocenters. The van der Waals surface area contributed by atoms with Crippen molar-refractivity contribution in [2.45, 2.75) is 5.41 Å². The zero-order valence-electron chi connectivity index (χ0n) is 36.4. The Labute approximate surface area is 389 Å². The molecular formula is C62H41N5. The van der Waals surface area contributed by atoms with E-state index in [0.29, 0.717) is 17.5 Å². The Bertz CT molecular complexity index is 3380. The van der Waals surface area contributed by atoms with Gasteiger partial charge in [-0.2, -0.15) is 0 Å². The van der Waals surface area contributed by atoms with Crippen LogP contribution in [0.25, 0.3) is 89.8 Å². The van der Waals surface area contributed by atoms with Crippen molar-refractivity contribution in [3.05, 3.63) is 271 Å². The molecule has 0 bridgehead atoms. The molecule has 0 radical (unpaired) electrons. The summed E-state index contributed by atoms with van der Waals surface area (Å²) in [7, 11) is 0. The Morgan fingerprint density at radius 3 is 1.18 bits per heavy atom. The summed E-state index contributed by atoms with van der Waals surface area (Å²) in [6, 6.07) is 79.7. The zero-order valence-corrected chi connectivity index (χ0v) is 36.4. The van der Waals surface area contributed by atoms with Crippen LogP contribution in [0.15, 0.2) is 249 Å². The second-order valence-corrected chi connectivity index (χ2v) is 16.9. The first-order chi connectivity index (χ1) is 33.2. The van der Waals surface area contributed by atoms with Crippen molar-refractivity contribution >= 4 is 0 Å². The molecule has 3 aromatic heterocycles. The molecule has 67 heavy (non-hydrogen) atoms. The first kappa shape index (κ1) is 39.6. The number of fused-ring (bicyclic) bond motifs is 3. The largest absolute Gasteiger partial charge is 0.264 e. The lowest BCUT2D eigenvalue weighted by Gasteiger charge is -2.34. The molecule has 5 nitrogen and oxygen atoms in total. The fourth-order valence-corrected chi connectivity index (χ4v) is 9.80. The summed E-state index contributed by atoms with van der Waals surface area (Å²) in [4.78, 5) is 24.7. The Morgan fingerprint density at radius 2 is 0.657 bits per heavy atom. The average Bonchev–Trinajstić information content (AvgIpc) is 3.72. The first-order valence-electron chi connectivity index (χ1n) is 22.5. The van der Waals surface area contributed by atoms with Gasteiger partial charge in [0.25, 0.3) is 0 Å². The summed E-state index contributed by atoms with van der Waals surface area (Å²) < 4.78 is 0. The normalized spacial score (nSPS) is 12.3.